The number of methoxy groups -OCH3 is 1. The van der Waals surface area contributed by atoms with E-state index in [1.54, 1.807) is 17.9 Å². The number of ether oxygens (including phenoxy) is 1. The summed E-state index contributed by atoms with van der Waals surface area (Å²) >= 11 is 0. The quantitative estimate of drug-likeness (QED) is 0.434. The molecule has 1 fully saturated rings. The summed E-state index contributed by atoms with van der Waals surface area (Å²) in [6.45, 7) is 1.20. The van der Waals surface area contributed by atoms with Crippen LogP contribution in [0.15, 0.2) is 48.8 Å². The number of Topliss-reactive ketones (excluding diaryl/α,β-unsaturated/α-hetero) is 1. The third-order valence-electron chi connectivity index (χ3n) is 5.95. The standard InChI is InChI=1S/C26H29N3O4/c1-29-16-21(15-28-29)19-6-7-22(20(13-19)14-27-10-9-24(30)18-4-5-18)23-11-17(12-26(31)32)3-8-25(23)33-2/h3,6-8,11,13,15-16,18,27H,4-5,9-10,12,14H2,1-2H3,(H,31,32). The molecule has 172 valence electrons. The minimum atomic E-state index is -0.875. The molecule has 1 aromatic heterocycles. The van der Waals surface area contributed by atoms with E-state index < -0.39 is 5.97 Å². The highest BCUT2D eigenvalue weighted by Crippen LogP contribution is 2.36. The molecular weight excluding hydrogens is 418 g/mol. The average Bonchev–Trinajstić information content (AvgIpc) is 3.56. The Kier molecular flexibility index (Phi) is 6.89. The van der Waals surface area contributed by atoms with E-state index in [0.29, 0.717) is 36.6 Å². The first-order valence-electron chi connectivity index (χ1n) is 11.2. The van der Waals surface area contributed by atoms with Crippen molar-refractivity contribution in [2.75, 3.05) is 13.7 Å². The molecule has 0 spiro atoms. The Hall–Kier alpha value is -3.45. The summed E-state index contributed by atoms with van der Waals surface area (Å²) < 4.78 is 7.36. The molecule has 7 heteroatoms. The van der Waals surface area contributed by atoms with Gasteiger partial charge in [0, 0.05) is 49.8 Å². The predicted octanol–water partition coefficient (Wildman–Crippen LogP) is 3.85. The maximum atomic E-state index is 12.0. The maximum Gasteiger partial charge on any atom is 0.307 e. The molecule has 1 aliphatic rings. The predicted molar refractivity (Wildman–Crippen MR) is 126 cm³/mol. The molecule has 0 unspecified atom stereocenters. The molecule has 0 bridgehead atoms. The van der Waals surface area contributed by atoms with Crippen molar-refractivity contribution < 1.29 is 19.4 Å². The van der Waals surface area contributed by atoms with Crippen molar-refractivity contribution in [1.82, 2.24) is 15.1 Å². The van der Waals surface area contributed by atoms with Crippen molar-refractivity contribution in [3.8, 4) is 28.0 Å². The Morgan fingerprint density at radius 3 is 2.64 bits per heavy atom. The van der Waals surface area contributed by atoms with Crippen LogP contribution in [0, 0.1) is 5.92 Å². The Bertz CT molecular complexity index is 1160. The van der Waals surface area contributed by atoms with Gasteiger partial charge in [-0.2, -0.15) is 5.10 Å². The largest absolute Gasteiger partial charge is 0.496 e. The fourth-order valence-corrected chi connectivity index (χ4v) is 4.05. The van der Waals surface area contributed by atoms with Crippen LogP contribution in [-0.4, -0.2) is 40.3 Å². The number of nitrogens with one attached hydrogen (secondary N) is 1. The van der Waals surface area contributed by atoms with Gasteiger partial charge in [0.05, 0.1) is 19.7 Å². The number of carboxylic acids is 1. The van der Waals surface area contributed by atoms with E-state index in [9.17, 15) is 14.7 Å². The third kappa shape index (κ3) is 5.68. The summed E-state index contributed by atoms with van der Waals surface area (Å²) in [5.74, 6) is 0.427. The van der Waals surface area contributed by atoms with Crippen LogP contribution in [0.25, 0.3) is 22.3 Å². The van der Waals surface area contributed by atoms with Crippen LogP contribution in [0.2, 0.25) is 0 Å². The number of ketones is 1. The van der Waals surface area contributed by atoms with Crippen molar-refractivity contribution in [1.29, 1.82) is 0 Å². The van der Waals surface area contributed by atoms with Crippen molar-refractivity contribution in [2.24, 2.45) is 13.0 Å². The second-order valence-corrected chi connectivity index (χ2v) is 8.55. The smallest absolute Gasteiger partial charge is 0.307 e. The van der Waals surface area contributed by atoms with Gasteiger partial charge < -0.3 is 15.2 Å². The average molecular weight is 448 g/mol. The second-order valence-electron chi connectivity index (χ2n) is 8.55. The minimum Gasteiger partial charge on any atom is -0.496 e. The zero-order valence-corrected chi connectivity index (χ0v) is 19.0. The molecule has 33 heavy (non-hydrogen) atoms. The summed E-state index contributed by atoms with van der Waals surface area (Å²) in [4.78, 5) is 23.3. The van der Waals surface area contributed by atoms with Crippen LogP contribution in [-0.2, 0) is 29.6 Å². The molecule has 0 atom stereocenters. The highest BCUT2D eigenvalue weighted by Gasteiger charge is 2.28. The number of hydrogen-bond acceptors (Lipinski definition) is 5. The first-order chi connectivity index (χ1) is 15.9. The highest BCUT2D eigenvalue weighted by molar-refractivity contribution is 5.83. The van der Waals surface area contributed by atoms with E-state index >= 15 is 0 Å². The van der Waals surface area contributed by atoms with Crippen LogP contribution in [0.4, 0.5) is 0 Å². The number of carboxylic acid groups (broad SMARTS) is 1. The Morgan fingerprint density at radius 2 is 1.97 bits per heavy atom. The summed E-state index contributed by atoms with van der Waals surface area (Å²) in [5.41, 5.74) is 5.62. The van der Waals surface area contributed by atoms with Gasteiger partial charge in [-0.3, -0.25) is 14.3 Å². The maximum absolute atomic E-state index is 12.0. The van der Waals surface area contributed by atoms with Crippen LogP contribution in [0.3, 0.4) is 0 Å². The first kappa shape index (κ1) is 22.7. The normalized spacial score (nSPS) is 13.2. The molecule has 2 aromatic carbocycles. The van der Waals surface area contributed by atoms with Crippen molar-refractivity contribution in [3.05, 3.63) is 59.9 Å². The van der Waals surface area contributed by atoms with Gasteiger partial charge in [-0.05, 0) is 53.3 Å². The van der Waals surface area contributed by atoms with Gasteiger partial charge >= 0.3 is 5.97 Å². The van der Waals surface area contributed by atoms with E-state index in [2.05, 4.69) is 16.5 Å². The number of carbonyl (C=O) groups excluding carboxylic acids is 1. The monoisotopic (exact) mass is 447 g/mol. The number of aromatic nitrogens is 2. The van der Waals surface area contributed by atoms with E-state index in [-0.39, 0.29) is 12.3 Å². The lowest BCUT2D eigenvalue weighted by atomic mass is 9.93. The number of carbonyl (C=O) groups is 2. The van der Waals surface area contributed by atoms with Gasteiger partial charge in [-0.25, -0.2) is 0 Å². The van der Waals surface area contributed by atoms with Gasteiger partial charge in [0.15, 0.2) is 0 Å². The molecule has 4 rings (SSSR count). The number of rotatable bonds is 11. The number of aryl methyl sites for hydroxylation is 1. The van der Waals surface area contributed by atoms with E-state index in [1.165, 1.54) is 0 Å². The topological polar surface area (TPSA) is 93.4 Å². The van der Waals surface area contributed by atoms with Crippen LogP contribution in [0.5, 0.6) is 5.75 Å². The van der Waals surface area contributed by atoms with Gasteiger partial charge in [-0.1, -0.05) is 18.2 Å². The molecule has 3 aromatic rings. The van der Waals surface area contributed by atoms with Crippen LogP contribution >= 0.6 is 0 Å². The Morgan fingerprint density at radius 1 is 1.15 bits per heavy atom. The molecule has 2 N–H and O–H groups in total. The summed E-state index contributed by atoms with van der Waals surface area (Å²) in [5, 5.41) is 16.9. The lowest BCUT2D eigenvalue weighted by molar-refractivity contribution is -0.136. The van der Waals surface area contributed by atoms with Gasteiger partial charge in [-0.15, -0.1) is 0 Å². The summed E-state index contributed by atoms with van der Waals surface area (Å²) in [6, 6.07) is 11.7. The first-order valence-corrected chi connectivity index (χ1v) is 11.2. The summed E-state index contributed by atoms with van der Waals surface area (Å²) in [7, 11) is 3.50. The number of hydrogen-bond donors (Lipinski definition) is 2. The van der Waals surface area contributed by atoms with E-state index in [4.69, 9.17) is 4.74 Å². The molecule has 1 saturated carbocycles. The van der Waals surface area contributed by atoms with Gasteiger partial charge in [0.25, 0.3) is 0 Å². The van der Waals surface area contributed by atoms with E-state index in [1.807, 2.05) is 43.7 Å². The Labute approximate surface area is 193 Å². The molecule has 1 aliphatic carbocycles. The summed E-state index contributed by atoms with van der Waals surface area (Å²) in [6.07, 6.45) is 6.34. The van der Waals surface area contributed by atoms with Gasteiger partial charge in [0.2, 0.25) is 0 Å². The molecule has 1 heterocycles. The molecule has 0 radical (unpaired) electrons. The Balaban J connectivity index is 1.65. The van der Waals surface area contributed by atoms with Crippen LogP contribution < -0.4 is 10.1 Å². The van der Waals surface area contributed by atoms with Crippen molar-refractivity contribution in [3.63, 3.8) is 0 Å². The zero-order chi connectivity index (χ0) is 23.4. The fourth-order valence-electron chi connectivity index (χ4n) is 4.05. The minimum absolute atomic E-state index is 0.0539. The molecule has 0 aliphatic heterocycles. The van der Waals surface area contributed by atoms with Crippen molar-refractivity contribution >= 4 is 11.8 Å². The SMILES string of the molecule is COc1ccc(CC(=O)O)cc1-c1ccc(-c2cnn(C)c2)cc1CNCCC(=O)C1CC1. The number of aliphatic carboxylic acids is 1. The molecule has 0 saturated heterocycles. The number of benzene rings is 2. The van der Waals surface area contributed by atoms with Gasteiger partial charge in [0.1, 0.15) is 11.5 Å². The lowest BCUT2D eigenvalue weighted by Crippen LogP contribution is -2.19. The van der Waals surface area contributed by atoms with E-state index in [0.717, 1.165) is 40.7 Å². The molecule has 0 amide bonds. The highest BCUT2D eigenvalue weighted by atomic mass is 16.5. The second kappa shape index (κ2) is 10.0. The fraction of sp³-hybridized carbons (Fsp3) is 0.346. The molecular formula is C26H29N3O4. The van der Waals surface area contributed by atoms with Crippen LogP contribution in [0.1, 0.15) is 30.4 Å². The van der Waals surface area contributed by atoms with Crippen molar-refractivity contribution in [2.45, 2.75) is 32.2 Å². The lowest BCUT2D eigenvalue weighted by Gasteiger charge is -2.16. The zero-order valence-electron chi connectivity index (χ0n) is 19.0. The number of nitrogens with zero attached hydrogens (tertiary/aromatic N) is 2. The molecule has 7 nitrogen and oxygen atoms in total. The third-order valence-corrected chi connectivity index (χ3v) is 5.95.